The van der Waals surface area contributed by atoms with Crippen molar-refractivity contribution in [2.75, 3.05) is 6.54 Å². The van der Waals surface area contributed by atoms with Gasteiger partial charge >= 0.3 is 6.09 Å². The van der Waals surface area contributed by atoms with E-state index in [0.717, 1.165) is 0 Å². The molecule has 0 aromatic rings. The lowest BCUT2D eigenvalue weighted by molar-refractivity contribution is -0.134. The van der Waals surface area contributed by atoms with Crippen molar-refractivity contribution in [3.63, 3.8) is 0 Å². The quantitative estimate of drug-likeness (QED) is 0.569. The van der Waals surface area contributed by atoms with Crippen molar-refractivity contribution in [3.05, 3.63) is 0 Å². The van der Waals surface area contributed by atoms with Crippen molar-refractivity contribution < 1.29 is 14.3 Å². The van der Waals surface area contributed by atoms with E-state index in [0.29, 0.717) is 0 Å². The number of ketones is 1. The molecule has 0 bridgehead atoms. The van der Waals surface area contributed by atoms with Gasteiger partial charge in [-0.1, -0.05) is 0 Å². The molecule has 0 saturated carbocycles. The first kappa shape index (κ1) is 10.0. The van der Waals surface area contributed by atoms with Gasteiger partial charge in [-0.3, -0.25) is 9.69 Å². The van der Waals surface area contributed by atoms with Crippen molar-refractivity contribution in [2.24, 2.45) is 0 Å². The molecule has 1 fully saturated rings. The van der Waals surface area contributed by atoms with Crippen LogP contribution in [0.25, 0.3) is 0 Å². The van der Waals surface area contributed by atoms with E-state index in [9.17, 15) is 9.59 Å². The summed E-state index contributed by atoms with van der Waals surface area (Å²) in [5.41, 5.74) is -0.491. The van der Waals surface area contributed by atoms with Crippen LogP contribution in [0.3, 0.4) is 0 Å². The Balaban J connectivity index is 2.47. The summed E-state index contributed by atoms with van der Waals surface area (Å²) in [7, 11) is 0. The standard InChI is InChI=1S/C9H15NO3/c1-6-7(11)5-10(6)8(12)13-9(2,3)4/h6H,5H2,1-4H3/t6-/m0/s1. The van der Waals surface area contributed by atoms with Crippen LogP contribution in [0.4, 0.5) is 4.79 Å². The summed E-state index contributed by atoms with van der Waals surface area (Å²) in [5, 5.41) is 0. The van der Waals surface area contributed by atoms with Gasteiger partial charge in [0.2, 0.25) is 0 Å². The molecule has 0 N–H and O–H groups in total. The maximum atomic E-state index is 11.3. The highest BCUT2D eigenvalue weighted by molar-refractivity contribution is 5.97. The van der Waals surface area contributed by atoms with Crippen LogP contribution in [0.2, 0.25) is 0 Å². The van der Waals surface area contributed by atoms with Crippen LogP contribution in [0.15, 0.2) is 0 Å². The monoisotopic (exact) mass is 185 g/mol. The molecule has 13 heavy (non-hydrogen) atoms. The lowest BCUT2D eigenvalue weighted by Gasteiger charge is -2.37. The molecule has 0 aliphatic carbocycles. The minimum Gasteiger partial charge on any atom is -0.444 e. The second-order valence-corrected chi connectivity index (χ2v) is 4.25. The van der Waals surface area contributed by atoms with Gasteiger partial charge in [0.05, 0.1) is 12.6 Å². The zero-order chi connectivity index (χ0) is 10.2. The largest absolute Gasteiger partial charge is 0.444 e. The van der Waals surface area contributed by atoms with Crippen LogP contribution in [-0.2, 0) is 9.53 Å². The number of carbonyl (C=O) groups excluding carboxylic acids is 2. The SMILES string of the molecule is C[C@H]1C(=O)CN1C(=O)OC(C)(C)C. The summed E-state index contributed by atoms with van der Waals surface area (Å²) in [6.07, 6.45) is -0.403. The molecule has 4 heteroatoms. The predicted octanol–water partition coefficient (Wildman–Crippen LogP) is 1.19. The molecule has 1 aliphatic rings. The van der Waals surface area contributed by atoms with E-state index in [4.69, 9.17) is 4.74 Å². The molecular weight excluding hydrogens is 170 g/mol. The first-order valence-electron chi connectivity index (χ1n) is 4.33. The highest BCUT2D eigenvalue weighted by atomic mass is 16.6. The predicted molar refractivity (Wildman–Crippen MR) is 47.4 cm³/mol. The molecule has 0 aromatic carbocycles. The third kappa shape index (κ3) is 2.20. The van der Waals surface area contributed by atoms with Gasteiger partial charge in [-0.25, -0.2) is 4.79 Å². The normalized spacial score (nSPS) is 22.6. The molecule has 1 heterocycles. The second-order valence-electron chi connectivity index (χ2n) is 4.25. The molecule has 1 rings (SSSR count). The van der Waals surface area contributed by atoms with Gasteiger partial charge in [-0.2, -0.15) is 0 Å². The highest BCUT2D eigenvalue weighted by Gasteiger charge is 2.39. The molecule has 1 amide bonds. The smallest absolute Gasteiger partial charge is 0.411 e. The van der Waals surface area contributed by atoms with E-state index >= 15 is 0 Å². The molecule has 74 valence electrons. The summed E-state index contributed by atoms with van der Waals surface area (Å²) in [5.74, 6) is 0.0888. The molecule has 4 nitrogen and oxygen atoms in total. The number of ether oxygens (including phenoxy) is 1. The molecule has 0 aromatic heterocycles. The Kier molecular flexibility index (Phi) is 2.32. The summed E-state index contributed by atoms with van der Waals surface area (Å²) in [6, 6.07) is -0.310. The average Bonchev–Trinajstić information content (AvgIpc) is 1.95. The Morgan fingerprint density at radius 1 is 1.54 bits per heavy atom. The zero-order valence-electron chi connectivity index (χ0n) is 8.46. The molecule has 1 atom stereocenters. The molecule has 1 aliphatic heterocycles. The van der Waals surface area contributed by atoms with E-state index in [-0.39, 0.29) is 18.4 Å². The molecule has 1 saturated heterocycles. The van der Waals surface area contributed by atoms with E-state index in [1.54, 1.807) is 27.7 Å². The van der Waals surface area contributed by atoms with Gasteiger partial charge in [0.15, 0.2) is 5.78 Å². The summed E-state index contributed by atoms with van der Waals surface area (Å²) >= 11 is 0. The van der Waals surface area contributed by atoms with Crippen LogP contribution in [0.5, 0.6) is 0 Å². The minimum atomic E-state index is -0.491. The summed E-state index contributed by atoms with van der Waals surface area (Å²) in [4.78, 5) is 23.6. The third-order valence-corrected chi connectivity index (χ3v) is 1.89. The fourth-order valence-corrected chi connectivity index (χ4v) is 1.04. The topological polar surface area (TPSA) is 46.6 Å². The van der Waals surface area contributed by atoms with Crippen molar-refractivity contribution in [2.45, 2.75) is 39.3 Å². The summed E-state index contributed by atoms with van der Waals surface area (Å²) in [6.45, 7) is 7.30. The number of nitrogens with zero attached hydrogens (tertiary/aromatic N) is 1. The number of hydrogen-bond acceptors (Lipinski definition) is 3. The maximum absolute atomic E-state index is 11.3. The number of Topliss-reactive ketones (excluding diaryl/α,β-unsaturated/α-hetero) is 1. The van der Waals surface area contributed by atoms with Gasteiger partial charge in [-0.05, 0) is 27.7 Å². The van der Waals surface area contributed by atoms with Crippen LogP contribution in [-0.4, -0.2) is 35.0 Å². The number of amides is 1. The van der Waals surface area contributed by atoms with Gasteiger partial charge in [0.25, 0.3) is 0 Å². The Hall–Kier alpha value is -1.06. The number of rotatable bonds is 0. The van der Waals surface area contributed by atoms with Gasteiger partial charge < -0.3 is 4.74 Å². The van der Waals surface area contributed by atoms with Crippen LogP contribution >= 0.6 is 0 Å². The van der Waals surface area contributed by atoms with Crippen molar-refractivity contribution >= 4 is 11.9 Å². The van der Waals surface area contributed by atoms with Crippen LogP contribution < -0.4 is 0 Å². The lowest BCUT2D eigenvalue weighted by Crippen LogP contribution is -2.58. The first-order valence-corrected chi connectivity index (χ1v) is 4.33. The fourth-order valence-electron chi connectivity index (χ4n) is 1.04. The van der Waals surface area contributed by atoms with Gasteiger partial charge in [0, 0.05) is 0 Å². The zero-order valence-corrected chi connectivity index (χ0v) is 8.46. The molecule has 0 unspecified atom stereocenters. The highest BCUT2D eigenvalue weighted by Crippen LogP contribution is 2.17. The second kappa shape index (κ2) is 3.01. The lowest BCUT2D eigenvalue weighted by atomic mass is 10.1. The summed E-state index contributed by atoms with van der Waals surface area (Å²) < 4.78 is 5.10. The van der Waals surface area contributed by atoms with E-state index in [2.05, 4.69) is 0 Å². The van der Waals surface area contributed by atoms with E-state index in [1.165, 1.54) is 4.90 Å². The van der Waals surface area contributed by atoms with E-state index in [1.807, 2.05) is 0 Å². The maximum Gasteiger partial charge on any atom is 0.411 e. The van der Waals surface area contributed by atoms with Gasteiger partial charge in [0.1, 0.15) is 5.60 Å². The Morgan fingerprint density at radius 2 is 2.08 bits per heavy atom. The number of carbonyl (C=O) groups is 2. The molecule has 0 spiro atoms. The average molecular weight is 185 g/mol. The first-order chi connectivity index (χ1) is 5.81. The molecular formula is C9H15NO3. The Bertz CT molecular complexity index is 242. The van der Waals surface area contributed by atoms with Crippen LogP contribution in [0, 0.1) is 0 Å². The van der Waals surface area contributed by atoms with E-state index < -0.39 is 11.7 Å². The minimum absolute atomic E-state index is 0.0888. The van der Waals surface area contributed by atoms with Crippen molar-refractivity contribution in [1.29, 1.82) is 0 Å². The van der Waals surface area contributed by atoms with Gasteiger partial charge in [-0.15, -0.1) is 0 Å². The van der Waals surface area contributed by atoms with Crippen LogP contribution in [0.1, 0.15) is 27.7 Å². The number of hydrogen-bond donors (Lipinski definition) is 0. The molecule has 0 radical (unpaired) electrons. The Morgan fingerprint density at radius 3 is 2.38 bits per heavy atom. The Labute approximate surface area is 77.8 Å². The number of likely N-dealkylation sites (tertiary alicyclic amines) is 1. The fraction of sp³-hybridized carbons (Fsp3) is 0.778. The van der Waals surface area contributed by atoms with Crippen molar-refractivity contribution in [3.8, 4) is 0 Å². The van der Waals surface area contributed by atoms with Crippen molar-refractivity contribution in [1.82, 2.24) is 4.90 Å². The third-order valence-electron chi connectivity index (χ3n) is 1.89.